The molecule has 0 aliphatic rings. The number of halogens is 1. The zero-order chi connectivity index (χ0) is 25.8. The first-order chi connectivity index (χ1) is 17.5. The molecule has 190 valence electrons. The Morgan fingerprint density at radius 2 is 1.64 bits per heavy atom. The summed E-state index contributed by atoms with van der Waals surface area (Å²) in [6.07, 6.45) is 2.10. The number of hydrogen-bond donors (Lipinski definition) is 1. The van der Waals surface area contributed by atoms with Gasteiger partial charge in [0.05, 0.1) is 6.61 Å². The van der Waals surface area contributed by atoms with Gasteiger partial charge in [-0.25, -0.2) is 0 Å². The lowest BCUT2D eigenvalue weighted by Crippen LogP contribution is -2.50. The van der Waals surface area contributed by atoms with E-state index in [1.165, 1.54) is 5.56 Å². The Balaban J connectivity index is 1.76. The fourth-order valence-electron chi connectivity index (χ4n) is 3.90. The van der Waals surface area contributed by atoms with E-state index >= 15 is 0 Å². The maximum atomic E-state index is 13.5. The molecule has 1 unspecified atom stereocenters. The maximum Gasteiger partial charge on any atom is 0.243 e. The zero-order valence-electron chi connectivity index (χ0n) is 21.1. The first kappa shape index (κ1) is 27.3. The Morgan fingerprint density at radius 1 is 0.944 bits per heavy atom. The Labute approximate surface area is 219 Å². The number of nitrogens with zero attached hydrogens (tertiary/aromatic N) is 1. The highest BCUT2D eigenvalue weighted by atomic mass is 35.5. The average molecular weight is 507 g/mol. The second-order valence-electron chi connectivity index (χ2n) is 8.91. The fraction of sp³-hybridized carbons (Fsp3) is 0.333. The van der Waals surface area contributed by atoms with Crippen LogP contribution in [0, 0.1) is 6.92 Å². The van der Waals surface area contributed by atoms with E-state index in [-0.39, 0.29) is 18.2 Å². The van der Waals surface area contributed by atoms with Gasteiger partial charge >= 0.3 is 0 Å². The van der Waals surface area contributed by atoms with Gasteiger partial charge in [-0.3, -0.25) is 9.59 Å². The Bertz CT molecular complexity index is 1090. The Morgan fingerprint density at radius 3 is 2.31 bits per heavy atom. The lowest BCUT2D eigenvalue weighted by atomic mass is 10.0. The van der Waals surface area contributed by atoms with Crippen molar-refractivity contribution in [2.75, 3.05) is 13.2 Å². The molecule has 0 aliphatic carbocycles. The van der Waals surface area contributed by atoms with Crippen molar-refractivity contribution in [2.45, 2.75) is 52.1 Å². The second kappa shape index (κ2) is 14.3. The summed E-state index contributed by atoms with van der Waals surface area (Å²) in [4.78, 5) is 28.5. The normalized spacial score (nSPS) is 11.5. The predicted octanol–water partition coefficient (Wildman–Crippen LogP) is 5.97. The molecular formula is C30H35ClN2O3. The van der Waals surface area contributed by atoms with E-state index in [0.29, 0.717) is 37.6 Å². The number of ether oxygens (including phenoxy) is 1. The summed E-state index contributed by atoms with van der Waals surface area (Å²) in [7, 11) is 0. The monoisotopic (exact) mass is 506 g/mol. The van der Waals surface area contributed by atoms with E-state index in [4.69, 9.17) is 16.3 Å². The number of rotatable bonds is 13. The minimum Gasteiger partial charge on any atom is -0.494 e. The molecule has 3 aromatic carbocycles. The number of aryl methyl sites for hydroxylation is 1. The first-order valence-electron chi connectivity index (χ1n) is 12.5. The van der Waals surface area contributed by atoms with Gasteiger partial charge in [-0.15, -0.1) is 0 Å². The third-order valence-electron chi connectivity index (χ3n) is 5.91. The molecule has 6 heteroatoms. The van der Waals surface area contributed by atoms with Crippen LogP contribution in [-0.4, -0.2) is 35.9 Å². The van der Waals surface area contributed by atoms with Gasteiger partial charge in [-0.1, -0.05) is 78.7 Å². The predicted molar refractivity (Wildman–Crippen MR) is 145 cm³/mol. The molecule has 36 heavy (non-hydrogen) atoms. The Kier molecular flexibility index (Phi) is 10.8. The number of amides is 2. The minimum atomic E-state index is -0.625. The van der Waals surface area contributed by atoms with Crippen LogP contribution in [0.3, 0.4) is 0 Å². The summed E-state index contributed by atoms with van der Waals surface area (Å²) < 4.78 is 5.81. The summed E-state index contributed by atoms with van der Waals surface area (Å²) in [5.74, 6) is 0.566. The fourth-order valence-corrected chi connectivity index (χ4v) is 4.02. The average Bonchev–Trinajstić information content (AvgIpc) is 2.89. The molecule has 3 aromatic rings. The molecule has 1 N–H and O–H groups in total. The molecular weight excluding hydrogens is 472 g/mol. The van der Waals surface area contributed by atoms with E-state index in [9.17, 15) is 9.59 Å². The first-order valence-corrected chi connectivity index (χ1v) is 12.9. The molecule has 3 rings (SSSR count). The topological polar surface area (TPSA) is 58.6 Å². The van der Waals surface area contributed by atoms with Crippen molar-refractivity contribution in [2.24, 2.45) is 0 Å². The maximum absolute atomic E-state index is 13.5. The summed E-state index contributed by atoms with van der Waals surface area (Å²) in [6.45, 7) is 5.36. The molecule has 1 atom stereocenters. The van der Waals surface area contributed by atoms with Gasteiger partial charge in [-0.05, 0) is 55.2 Å². The zero-order valence-corrected chi connectivity index (χ0v) is 21.8. The van der Waals surface area contributed by atoms with E-state index in [1.807, 2.05) is 80.6 Å². The molecule has 0 fully saturated rings. The van der Waals surface area contributed by atoms with E-state index in [1.54, 1.807) is 17.0 Å². The minimum absolute atomic E-state index is 0.0787. The standard InChI is InChI=1S/C30H35ClN2O3/c1-3-19-32-30(35)28(21-24-8-5-4-6-9-24)33(22-25-13-15-26(31)16-14-25)29(34)10-7-20-36-27-17-11-23(2)12-18-27/h4-6,8-9,11-18,28H,3,7,10,19-22H2,1-2H3,(H,32,35). The van der Waals surface area contributed by atoms with E-state index < -0.39 is 6.04 Å². The number of hydrogen-bond acceptors (Lipinski definition) is 3. The van der Waals surface area contributed by atoms with Crippen LogP contribution in [-0.2, 0) is 22.6 Å². The van der Waals surface area contributed by atoms with Gasteiger partial charge in [0.2, 0.25) is 11.8 Å². The molecule has 0 radical (unpaired) electrons. The van der Waals surface area contributed by atoms with Crippen molar-refractivity contribution in [3.63, 3.8) is 0 Å². The molecule has 0 heterocycles. The van der Waals surface area contributed by atoms with Crippen LogP contribution in [0.4, 0.5) is 0 Å². The van der Waals surface area contributed by atoms with Crippen molar-refractivity contribution in [3.05, 3.63) is 101 Å². The number of benzene rings is 3. The van der Waals surface area contributed by atoms with E-state index in [2.05, 4.69) is 5.32 Å². The summed E-state index contributed by atoms with van der Waals surface area (Å²) in [5, 5.41) is 3.63. The van der Waals surface area contributed by atoms with Gasteiger partial charge in [0, 0.05) is 31.0 Å². The van der Waals surface area contributed by atoms with Crippen molar-refractivity contribution < 1.29 is 14.3 Å². The van der Waals surface area contributed by atoms with Crippen molar-refractivity contribution >= 4 is 23.4 Å². The van der Waals surface area contributed by atoms with Crippen LogP contribution in [0.1, 0.15) is 42.9 Å². The van der Waals surface area contributed by atoms with Gasteiger partial charge < -0.3 is 15.0 Å². The third-order valence-corrected chi connectivity index (χ3v) is 6.16. The smallest absolute Gasteiger partial charge is 0.243 e. The van der Waals surface area contributed by atoms with Gasteiger partial charge in [-0.2, -0.15) is 0 Å². The molecule has 0 aromatic heterocycles. The summed E-state index contributed by atoms with van der Waals surface area (Å²) in [5.41, 5.74) is 3.09. The van der Waals surface area contributed by atoms with Gasteiger partial charge in [0.15, 0.2) is 0 Å². The Hall–Kier alpha value is -3.31. The number of carbonyl (C=O) groups excluding carboxylic acids is 2. The van der Waals surface area contributed by atoms with E-state index in [0.717, 1.165) is 23.3 Å². The number of carbonyl (C=O) groups is 2. The van der Waals surface area contributed by atoms with Crippen LogP contribution in [0.5, 0.6) is 5.75 Å². The summed E-state index contributed by atoms with van der Waals surface area (Å²) in [6, 6.07) is 24.4. The number of nitrogens with one attached hydrogen (secondary N) is 1. The SMILES string of the molecule is CCCNC(=O)C(Cc1ccccc1)N(Cc1ccc(Cl)cc1)C(=O)CCCOc1ccc(C)cc1. The highest BCUT2D eigenvalue weighted by Gasteiger charge is 2.30. The van der Waals surface area contributed by atoms with Crippen LogP contribution in [0.25, 0.3) is 0 Å². The van der Waals surface area contributed by atoms with Crippen LogP contribution in [0.2, 0.25) is 5.02 Å². The largest absolute Gasteiger partial charge is 0.494 e. The second-order valence-corrected chi connectivity index (χ2v) is 9.35. The van der Waals surface area contributed by atoms with Crippen LogP contribution in [0.15, 0.2) is 78.9 Å². The molecule has 5 nitrogen and oxygen atoms in total. The highest BCUT2D eigenvalue weighted by Crippen LogP contribution is 2.18. The van der Waals surface area contributed by atoms with Crippen LogP contribution < -0.4 is 10.1 Å². The molecule has 0 bridgehead atoms. The molecule has 0 aliphatic heterocycles. The molecule has 2 amide bonds. The molecule has 0 spiro atoms. The quantitative estimate of drug-likeness (QED) is 0.290. The van der Waals surface area contributed by atoms with Crippen molar-refractivity contribution in [1.82, 2.24) is 10.2 Å². The van der Waals surface area contributed by atoms with Gasteiger partial charge in [0.1, 0.15) is 11.8 Å². The third kappa shape index (κ3) is 8.72. The lowest BCUT2D eigenvalue weighted by molar-refractivity contribution is -0.141. The molecule has 0 saturated carbocycles. The highest BCUT2D eigenvalue weighted by molar-refractivity contribution is 6.30. The van der Waals surface area contributed by atoms with Gasteiger partial charge in [0.25, 0.3) is 0 Å². The van der Waals surface area contributed by atoms with Crippen molar-refractivity contribution in [3.8, 4) is 5.75 Å². The summed E-state index contributed by atoms with van der Waals surface area (Å²) >= 11 is 6.07. The van der Waals surface area contributed by atoms with Crippen LogP contribution >= 0.6 is 11.6 Å². The molecule has 0 saturated heterocycles. The van der Waals surface area contributed by atoms with Crippen molar-refractivity contribution in [1.29, 1.82) is 0 Å². The lowest BCUT2D eigenvalue weighted by Gasteiger charge is -2.31.